The van der Waals surface area contributed by atoms with E-state index in [0.29, 0.717) is 32.6 Å². The molecule has 2 amide bonds. The fourth-order valence-corrected chi connectivity index (χ4v) is 2.96. The Labute approximate surface area is 143 Å². The van der Waals surface area contributed by atoms with Crippen LogP contribution in [0.5, 0.6) is 5.75 Å². The first-order valence-electron chi connectivity index (χ1n) is 8.36. The molecule has 0 saturated carbocycles. The minimum atomic E-state index is -0.864. The Bertz CT molecular complexity index is 573. The quantitative estimate of drug-likeness (QED) is 0.740. The average molecular weight is 334 g/mol. The zero-order valence-electron chi connectivity index (χ0n) is 14.6. The van der Waals surface area contributed by atoms with Crippen molar-refractivity contribution in [3.05, 3.63) is 24.3 Å². The molecular weight excluding hydrogens is 308 g/mol. The van der Waals surface area contributed by atoms with Gasteiger partial charge >= 0.3 is 0 Å². The van der Waals surface area contributed by atoms with Gasteiger partial charge in [-0.2, -0.15) is 0 Å². The summed E-state index contributed by atoms with van der Waals surface area (Å²) in [5.74, 6) is 0.589. The fourth-order valence-electron chi connectivity index (χ4n) is 2.96. The second kappa shape index (κ2) is 8.15. The molecule has 24 heavy (non-hydrogen) atoms. The molecule has 1 aliphatic rings. The molecular formula is C18H26N2O4. The van der Waals surface area contributed by atoms with Gasteiger partial charge in [-0.3, -0.25) is 14.5 Å². The molecule has 1 aromatic rings. The molecule has 2 rings (SSSR count). The summed E-state index contributed by atoms with van der Waals surface area (Å²) in [7, 11) is 1.63. The maximum absolute atomic E-state index is 12.7. The molecule has 0 unspecified atom stereocenters. The minimum Gasteiger partial charge on any atom is -0.494 e. The molecule has 0 radical (unpaired) electrons. The van der Waals surface area contributed by atoms with Gasteiger partial charge < -0.3 is 14.8 Å². The molecule has 132 valence electrons. The largest absolute Gasteiger partial charge is 0.494 e. The van der Waals surface area contributed by atoms with E-state index in [-0.39, 0.29) is 11.8 Å². The van der Waals surface area contributed by atoms with Crippen molar-refractivity contribution in [1.82, 2.24) is 5.32 Å². The predicted molar refractivity (Wildman–Crippen MR) is 92.2 cm³/mol. The molecule has 0 aliphatic carbocycles. The standard InChI is InChI=1S/C18H26N2O4/c1-4-24-15-8-6-14(7-9-15)20-16(21)10-11-18(20,2)17(22)19-12-5-13-23-3/h6-9H,4-5,10-13H2,1-3H3,(H,19,22)/t18-/m1/s1. The first-order chi connectivity index (χ1) is 11.5. The Balaban J connectivity index is 2.13. The number of nitrogens with zero attached hydrogens (tertiary/aromatic N) is 1. The third-order valence-corrected chi connectivity index (χ3v) is 4.27. The highest BCUT2D eigenvalue weighted by atomic mass is 16.5. The maximum atomic E-state index is 12.7. The van der Waals surface area contributed by atoms with Crippen molar-refractivity contribution in [2.45, 2.75) is 38.6 Å². The van der Waals surface area contributed by atoms with Gasteiger partial charge in [-0.05, 0) is 51.0 Å². The number of hydrogen-bond acceptors (Lipinski definition) is 4. The molecule has 6 heteroatoms. The van der Waals surface area contributed by atoms with Gasteiger partial charge in [0.25, 0.3) is 0 Å². The van der Waals surface area contributed by atoms with Crippen molar-refractivity contribution in [2.24, 2.45) is 0 Å². The van der Waals surface area contributed by atoms with Gasteiger partial charge in [0.2, 0.25) is 11.8 Å². The van der Waals surface area contributed by atoms with Crippen LogP contribution in [0.15, 0.2) is 24.3 Å². The van der Waals surface area contributed by atoms with Gasteiger partial charge in [0, 0.05) is 32.4 Å². The number of nitrogens with one attached hydrogen (secondary N) is 1. The summed E-state index contributed by atoms with van der Waals surface area (Å²) < 4.78 is 10.4. The molecule has 1 aromatic carbocycles. The fraction of sp³-hybridized carbons (Fsp3) is 0.556. The van der Waals surface area contributed by atoms with Crippen molar-refractivity contribution in [1.29, 1.82) is 0 Å². The average Bonchev–Trinajstić information content (AvgIpc) is 2.89. The molecule has 6 nitrogen and oxygen atoms in total. The number of hydrogen-bond donors (Lipinski definition) is 1. The highest BCUT2D eigenvalue weighted by Crippen LogP contribution is 2.35. The van der Waals surface area contributed by atoms with Crippen LogP contribution in [0.2, 0.25) is 0 Å². The van der Waals surface area contributed by atoms with Crippen molar-refractivity contribution in [2.75, 3.05) is 31.8 Å². The van der Waals surface area contributed by atoms with Crippen LogP contribution in [-0.2, 0) is 14.3 Å². The number of amides is 2. The lowest BCUT2D eigenvalue weighted by Crippen LogP contribution is -2.55. The van der Waals surface area contributed by atoms with Crippen LogP contribution in [-0.4, -0.2) is 44.2 Å². The molecule has 0 aromatic heterocycles. The highest BCUT2D eigenvalue weighted by Gasteiger charge is 2.47. The molecule has 0 bridgehead atoms. The van der Waals surface area contributed by atoms with Crippen LogP contribution in [0.1, 0.15) is 33.1 Å². The van der Waals surface area contributed by atoms with Crippen LogP contribution >= 0.6 is 0 Å². The summed E-state index contributed by atoms with van der Waals surface area (Å²) in [6.45, 7) is 5.46. The molecule has 1 N–H and O–H groups in total. The summed E-state index contributed by atoms with van der Waals surface area (Å²) in [4.78, 5) is 26.6. The Morgan fingerprint density at radius 2 is 2.04 bits per heavy atom. The monoisotopic (exact) mass is 334 g/mol. The molecule has 1 fully saturated rings. The van der Waals surface area contributed by atoms with Gasteiger partial charge in [-0.15, -0.1) is 0 Å². The van der Waals surface area contributed by atoms with Crippen LogP contribution in [0.3, 0.4) is 0 Å². The first-order valence-corrected chi connectivity index (χ1v) is 8.36. The van der Waals surface area contributed by atoms with Crippen LogP contribution < -0.4 is 15.0 Å². The second-order valence-electron chi connectivity index (χ2n) is 6.03. The number of benzene rings is 1. The summed E-state index contributed by atoms with van der Waals surface area (Å²) >= 11 is 0. The Hall–Kier alpha value is -2.08. The summed E-state index contributed by atoms with van der Waals surface area (Å²) in [5.41, 5.74) is -0.146. The van der Waals surface area contributed by atoms with Gasteiger partial charge in [0.1, 0.15) is 11.3 Å². The van der Waals surface area contributed by atoms with Gasteiger partial charge in [0.15, 0.2) is 0 Å². The lowest BCUT2D eigenvalue weighted by molar-refractivity contribution is -0.127. The van der Waals surface area contributed by atoms with E-state index in [2.05, 4.69) is 5.32 Å². The molecule has 1 atom stereocenters. The number of anilines is 1. The van der Waals surface area contributed by atoms with E-state index in [0.717, 1.165) is 17.9 Å². The first kappa shape index (κ1) is 18.3. The SMILES string of the molecule is CCOc1ccc(N2C(=O)CC[C@]2(C)C(=O)NCCCOC)cc1. The molecule has 1 saturated heterocycles. The Morgan fingerprint density at radius 1 is 1.33 bits per heavy atom. The topological polar surface area (TPSA) is 67.9 Å². The normalized spacial score (nSPS) is 20.3. The van der Waals surface area contributed by atoms with Gasteiger partial charge in [0.05, 0.1) is 6.61 Å². The van der Waals surface area contributed by atoms with Crippen LogP contribution in [0.4, 0.5) is 5.69 Å². The zero-order valence-corrected chi connectivity index (χ0v) is 14.6. The summed E-state index contributed by atoms with van der Waals surface area (Å²) in [6, 6.07) is 7.29. The van der Waals surface area contributed by atoms with Crippen molar-refractivity contribution < 1.29 is 19.1 Å². The van der Waals surface area contributed by atoms with E-state index in [1.807, 2.05) is 38.1 Å². The van der Waals surface area contributed by atoms with E-state index in [1.165, 1.54) is 0 Å². The number of ether oxygens (including phenoxy) is 2. The summed E-state index contributed by atoms with van der Waals surface area (Å²) in [5, 5.41) is 2.91. The Kier molecular flexibility index (Phi) is 6.20. The number of carbonyl (C=O) groups is 2. The third kappa shape index (κ3) is 3.87. The molecule has 0 spiro atoms. The number of carbonyl (C=O) groups excluding carboxylic acids is 2. The van der Waals surface area contributed by atoms with Crippen molar-refractivity contribution >= 4 is 17.5 Å². The predicted octanol–water partition coefficient (Wildman–Crippen LogP) is 2.12. The van der Waals surface area contributed by atoms with E-state index in [4.69, 9.17) is 9.47 Å². The number of rotatable bonds is 8. The van der Waals surface area contributed by atoms with Gasteiger partial charge in [-0.1, -0.05) is 0 Å². The zero-order chi connectivity index (χ0) is 17.6. The van der Waals surface area contributed by atoms with Crippen molar-refractivity contribution in [3.8, 4) is 5.75 Å². The summed E-state index contributed by atoms with van der Waals surface area (Å²) in [6.07, 6.45) is 1.62. The third-order valence-electron chi connectivity index (χ3n) is 4.27. The highest BCUT2D eigenvalue weighted by molar-refractivity contribution is 6.06. The van der Waals surface area contributed by atoms with Crippen LogP contribution in [0, 0.1) is 0 Å². The van der Waals surface area contributed by atoms with E-state index >= 15 is 0 Å². The Morgan fingerprint density at radius 3 is 2.67 bits per heavy atom. The molecule has 1 heterocycles. The molecule has 1 aliphatic heterocycles. The smallest absolute Gasteiger partial charge is 0.246 e. The second-order valence-corrected chi connectivity index (χ2v) is 6.03. The van der Waals surface area contributed by atoms with E-state index < -0.39 is 5.54 Å². The maximum Gasteiger partial charge on any atom is 0.246 e. The van der Waals surface area contributed by atoms with Gasteiger partial charge in [-0.25, -0.2) is 0 Å². The van der Waals surface area contributed by atoms with E-state index in [9.17, 15) is 9.59 Å². The lowest BCUT2D eigenvalue weighted by Gasteiger charge is -2.34. The van der Waals surface area contributed by atoms with Crippen LogP contribution in [0.25, 0.3) is 0 Å². The van der Waals surface area contributed by atoms with Crippen molar-refractivity contribution in [3.63, 3.8) is 0 Å². The lowest BCUT2D eigenvalue weighted by atomic mass is 9.97. The minimum absolute atomic E-state index is 0.0336. The number of methoxy groups -OCH3 is 1. The van der Waals surface area contributed by atoms with E-state index in [1.54, 1.807) is 12.0 Å².